The largest absolute Gasteiger partial charge is 0.416 e. The Bertz CT molecular complexity index is 972. The summed E-state index contributed by atoms with van der Waals surface area (Å²) < 4.78 is 39.8. The van der Waals surface area contributed by atoms with Gasteiger partial charge in [0.25, 0.3) is 5.91 Å². The van der Waals surface area contributed by atoms with Crippen LogP contribution in [-0.4, -0.2) is 21.7 Å². The third-order valence-electron chi connectivity index (χ3n) is 4.96. The van der Waals surface area contributed by atoms with Gasteiger partial charge in [-0.1, -0.05) is 24.3 Å². The predicted molar refractivity (Wildman–Crippen MR) is 95.4 cm³/mol. The number of carbonyl (C=O) groups is 1. The Balaban J connectivity index is 1.63. The van der Waals surface area contributed by atoms with Crippen molar-refractivity contribution in [3.63, 3.8) is 0 Å². The molecule has 3 aromatic rings. The molecule has 2 aromatic carbocycles. The van der Waals surface area contributed by atoms with Crippen molar-refractivity contribution < 1.29 is 18.0 Å². The van der Waals surface area contributed by atoms with E-state index in [2.05, 4.69) is 10.4 Å². The number of carbonyl (C=O) groups excluding carboxylic acids is 1. The van der Waals surface area contributed by atoms with Crippen LogP contribution in [0.3, 0.4) is 0 Å². The topological polar surface area (TPSA) is 46.9 Å². The van der Waals surface area contributed by atoms with Gasteiger partial charge in [0.05, 0.1) is 29.4 Å². The summed E-state index contributed by atoms with van der Waals surface area (Å²) >= 11 is 0. The molecule has 0 radical (unpaired) electrons. The summed E-state index contributed by atoms with van der Waals surface area (Å²) in [6, 6.07) is 10.6. The molecule has 1 saturated carbocycles. The van der Waals surface area contributed by atoms with E-state index in [1.807, 2.05) is 12.1 Å². The van der Waals surface area contributed by atoms with E-state index in [9.17, 15) is 18.0 Å². The van der Waals surface area contributed by atoms with Crippen LogP contribution in [0.2, 0.25) is 0 Å². The molecule has 7 heteroatoms. The van der Waals surface area contributed by atoms with Gasteiger partial charge in [-0.25, -0.2) is 0 Å². The molecule has 4 nitrogen and oxygen atoms in total. The van der Waals surface area contributed by atoms with Crippen molar-refractivity contribution in [2.24, 2.45) is 0 Å². The number of halogens is 3. The van der Waals surface area contributed by atoms with Crippen molar-refractivity contribution in [2.45, 2.75) is 38.0 Å². The highest BCUT2D eigenvalue weighted by Crippen LogP contribution is 2.29. The van der Waals surface area contributed by atoms with Gasteiger partial charge in [-0.05, 0) is 43.0 Å². The zero-order valence-electron chi connectivity index (χ0n) is 14.5. The van der Waals surface area contributed by atoms with Crippen LogP contribution in [0.25, 0.3) is 10.9 Å². The fraction of sp³-hybridized carbons (Fsp3) is 0.300. The number of amides is 1. The summed E-state index contributed by atoms with van der Waals surface area (Å²) in [6.07, 6.45) is 0.420. The number of aromatic nitrogens is 2. The first-order chi connectivity index (χ1) is 12.9. The van der Waals surface area contributed by atoms with Crippen LogP contribution in [0.1, 0.15) is 40.7 Å². The zero-order chi connectivity index (χ0) is 19.0. The van der Waals surface area contributed by atoms with Crippen molar-refractivity contribution in [3.05, 3.63) is 65.4 Å². The first-order valence-corrected chi connectivity index (χ1v) is 8.83. The number of hydrogen-bond donors (Lipinski definition) is 1. The minimum Gasteiger partial charge on any atom is -0.349 e. The molecule has 1 aliphatic rings. The number of fused-ring (bicyclic) bond motifs is 1. The second-order valence-corrected chi connectivity index (χ2v) is 6.84. The quantitative estimate of drug-likeness (QED) is 0.738. The highest BCUT2D eigenvalue weighted by atomic mass is 19.4. The molecule has 27 heavy (non-hydrogen) atoms. The molecular weight excluding hydrogens is 355 g/mol. The second-order valence-electron chi connectivity index (χ2n) is 6.84. The number of nitrogens with zero attached hydrogens (tertiary/aromatic N) is 2. The van der Waals surface area contributed by atoms with Gasteiger partial charge in [0.15, 0.2) is 0 Å². The summed E-state index contributed by atoms with van der Waals surface area (Å²) in [6.45, 7) is 0.287. The molecule has 140 valence electrons. The molecular formula is C20H18F3N3O. The number of rotatable bonds is 4. The molecule has 1 aromatic heterocycles. The maximum absolute atomic E-state index is 12.7. The van der Waals surface area contributed by atoms with Gasteiger partial charge < -0.3 is 5.32 Å². The maximum atomic E-state index is 12.7. The Morgan fingerprint density at radius 2 is 1.89 bits per heavy atom. The maximum Gasteiger partial charge on any atom is 0.416 e. The summed E-state index contributed by atoms with van der Waals surface area (Å²) in [5, 5.41) is 8.18. The van der Waals surface area contributed by atoms with Crippen molar-refractivity contribution in [1.29, 1.82) is 0 Å². The van der Waals surface area contributed by atoms with Gasteiger partial charge in [0.2, 0.25) is 0 Å². The van der Waals surface area contributed by atoms with Crippen LogP contribution in [0, 0.1) is 0 Å². The highest BCUT2D eigenvalue weighted by Gasteiger charge is 2.30. The van der Waals surface area contributed by atoms with Gasteiger partial charge in [-0.3, -0.25) is 9.48 Å². The molecule has 0 unspecified atom stereocenters. The summed E-state index contributed by atoms with van der Waals surface area (Å²) in [7, 11) is 0. The van der Waals surface area contributed by atoms with Gasteiger partial charge in [0, 0.05) is 11.4 Å². The van der Waals surface area contributed by atoms with E-state index >= 15 is 0 Å². The molecule has 0 spiro atoms. The van der Waals surface area contributed by atoms with Crippen molar-refractivity contribution >= 4 is 16.8 Å². The van der Waals surface area contributed by atoms with Gasteiger partial charge >= 0.3 is 6.18 Å². The number of nitrogens with one attached hydrogen (secondary N) is 1. The molecule has 1 heterocycles. The molecule has 0 saturated heterocycles. The Morgan fingerprint density at radius 3 is 2.52 bits per heavy atom. The number of hydrogen-bond acceptors (Lipinski definition) is 2. The van der Waals surface area contributed by atoms with E-state index in [-0.39, 0.29) is 18.5 Å². The van der Waals surface area contributed by atoms with Crippen molar-refractivity contribution in [1.82, 2.24) is 15.1 Å². The lowest BCUT2D eigenvalue weighted by molar-refractivity contribution is -0.137. The third kappa shape index (κ3) is 3.54. The average Bonchev–Trinajstić information content (AvgIpc) is 3.01. The molecule has 0 atom stereocenters. The molecule has 1 N–H and O–H groups in total. The Labute approximate surface area is 154 Å². The standard InChI is InChI=1S/C20H18F3N3O/c21-20(22,23)15-9-7-13(8-10-15)12-26-18-14(11-24-26)3-1-6-17(18)19(27)25-16-4-2-5-16/h1,3,6-11,16H,2,4-5,12H2,(H,25,27). The minimum absolute atomic E-state index is 0.139. The first kappa shape index (κ1) is 17.6. The van der Waals surface area contributed by atoms with Crippen molar-refractivity contribution in [3.8, 4) is 0 Å². The van der Waals surface area contributed by atoms with E-state index in [0.29, 0.717) is 16.6 Å². The van der Waals surface area contributed by atoms with Crippen LogP contribution in [0.15, 0.2) is 48.7 Å². The fourth-order valence-electron chi connectivity index (χ4n) is 3.23. The summed E-state index contributed by atoms with van der Waals surface area (Å²) in [4.78, 5) is 12.6. The fourth-order valence-corrected chi connectivity index (χ4v) is 3.23. The predicted octanol–water partition coefficient (Wildman–Crippen LogP) is 4.39. The van der Waals surface area contributed by atoms with Crippen LogP contribution >= 0.6 is 0 Å². The summed E-state index contributed by atoms with van der Waals surface area (Å²) in [5.41, 5.74) is 1.22. The molecule has 1 aliphatic carbocycles. The van der Waals surface area contributed by atoms with Crippen LogP contribution in [0.4, 0.5) is 13.2 Å². The third-order valence-corrected chi connectivity index (χ3v) is 4.96. The normalized spacial score (nSPS) is 14.9. The Morgan fingerprint density at radius 1 is 1.15 bits per heavy atom. The Hall–Kier alpha value is -2.83. The first-order valence-electron chi connectivity index (χ1n) is 8.83. The van der Waals surface area contributed by atoms with E-state index < -0.39 is 11.7 Å². The monoisotopic (exact) mass is 373 g/mol. The lowest BCUT2D eigenvalue weighted by Crippen LogP contribution is -2.39. The van der Waals surface area contributed by atoms with E-state index in [1.54, 1.807) is 16.9 Å². The van der Waals surface area contributed by atoms with Crippen LogP contribution in [0.5, 0.6) is 0 Å². The molecule has 0 aliphatic heterocycles. The SMILES string of the molecule is O=C(NC1CCC1)c1cccc2cnn(Cc3ccc(C(F)(F)F)cc3)c12. The second kappa shape index (κ2) is 6.72. The van der Waals surface area contributed by atoms with Gasteiger partial charge in [0.1, 0.15) is 0 Å². The average molecular weight is 373 g/mol. The molecule has 1 fully saturated rings. The lowest BCUT2D eigenvalue weighted by atomic mass is 9.93. The van der Waals surface area contributed by atoms with Crippen LogP contribution < -0.4 is 5.32 Å². The summed E-state index contributed by atoms with van der Waals surface area (Å²) in [5.74, 6) is -0.139. The number of alkyl halides is 3. The number of benzene rings is 2. The number of para-hydroxylation sites is 1. The molecule has 0 bridgehead atoms. The minimum atomic E-state index is -4.36. The van der Waals surface area contributed by atoms with E-state index in [0.717, 1.165) is 36.8 Å². The van der Waals surface area contributed by atoms with Gasteiger partial charge in [-0.15, -0.1) is 0 Å². The molecule has 4 rings (SSSR count). The van der Waals surface area contributed by atoms with Gasteiger partial charge in [-0.2, -0.15) is 18.3 Å². The van der Waals surface area contributed by atoms with E-state index in [4.69, 9.17) is 0 Å². The van der Waals surface area contributed by atoms with E-state index in [1.165, 1.54) is 12.1 Å². The van der Waals surface area contributed by atoms with Crippen LogP contribution in [-0.2, 0) is 12.7 Å². The molecule has 1 amide bonds. The highest BCUT2D eigenvalue weighted by molar-refractivity contribution is 6.05. The zero-order valence-corrected chi connectivity index (χ0v) is 14.5. The lowest BCUT2D eigenvalue weighted by Gasteiger charge is -2.26. The van der Waals surface area contributed by atoms with Crippen molar-refractivity contribution in [2.75, 3.05) is 0 Å². The Kier molecular flexibility index (Phi) is 4.37. The smallest absolute Gasteiger partial charge is 0.349 e.